The van der Waals surface area contributed by atoms with E-state index in [9.17, 15) is 4.79 Å². The van der Waals surface area contributed by atoms with Crippen molar-refractivity contribution in [3.63, 3.8) is 0 Å². The van der Waals surface area contributed by atoms with Gasteiger partial charge in [-0.15, -0.1) is 0 Å². The summed E-state index contributed by atoms with van der Waals surface area (Å²) in [6.45, 7) is 5.95. The molecule has 2 aromatic heterocycles. The molecule has 0 N–H and O–H groups in total. The monoisotopic (exact) mass is 371 g/mol. The number of thiazole rings is 1. The van der Waals surface area contributed by atoms with Crippen LogP contribution < -0.4 is 20.1 Å². The Morgan fingerprint density at radius 1 is 1.12 bits per heavy atom. The lowest BCUT2D eigenvalue weighted by atomic mass is 10.3. The van der Waals surface area contributed by atoms with E-state index in [0.717, 1.165) is 53.1 Å². The van der Waals surface area contributed by atoms with Gasteiger partial charge in [-0.2, -0.15) is 5.10 Å². The number of methoxy groups -OCH3 is 1. The Morgan fingerprint density at radius 3 is 2.62 bits per heavy atom. The Labute approximate surface area is 155 Å². The molecular weight excluding hydrogens is 350 g/mol. The van der Waals surface area contributed by atoms with Gasteiger partial charge in [0.25, 0.3) is 5.56 Å². The average Bonchev–Trinajstić information content (AvgIpc) is 3.13. The normalized spacial score (nSPS) is 14.8. The van der Waals surface area contributed by atoms with Crippen molar-refractivity contribution >= 4 is 32.5 Å². The maximum absolute atomic E-state index is 11.7. The van der Waals surface area contributed by atoms with Gasteiger partial charge in [0.1, 0.15) is 17.1 Å². The summed E-state index contributed by atoms with van der Waals surface area (Å²) in [5, 5.41) is 5.48. The molecule has 1 saturated heterocycles. The molecule has 7 nitrogen and oxygen atoms in total. The zero-order valence-electron chi connectivity index (χ0n) is 14.9. The number of hydrogen-bond acceptors (Lipinski definition) is 7. The van der Waals surface area contributed by atoms with Crippen LogP contribution in [0.5, 0.6) is 5.75 Å². The molecule has 3 heterocycles. The van der Waals surface area contributed by atoms with Gasteiger partial charge in [0.15, 0.2) is 5.13 Å². The van der Waals surface area contributed by atoms with E-state index in [-0.39, 0.29) is 5.56 Å². The van der Waals surface area contributed by atoms with Gasteiger partial charge in [-0.25, -0.2) is 9.67 Å². The fourth-order valence-corrected chi connectivity index (χ4v) is 4.21. The van der Waals surface area contributed by atoms with Gasteiger partial charge < -0.3 is 14.5 Å². The van der Waals surface area contributed by atoms with Crippen molar-refractivity contribution in [3.05, 3.63) is 40.7 Å². The van der Waals surface area contributed by atoms with Gasteiger partial charge >= 0.3 is 0 Å². The maximum Gasteiger partial charge on any atom is 0.266 e. The van der Waals surface area contributed by atoms with E-state index >= 15 is 0 Å². The number of rotatable bonds is 4. The Bertz CT molecular complexity index is 975. The number of anilines is 2. The van der Waals surface area contributed by atoms with E-state index in [0.29, 0.717) is 6.54 Å². The zero-order chi connectivity index (χ0) is 18.1. The van der Waals surface area contributed by atoms with Crippen LogP contribution in [0, 0.1) is 0 Å². The quantitative estimate of drug-likeness (QED) is 0.701. The number of benzene rings is 1. The summed E-state index contributed by atoms with van der Waals surface area (Å²) in [4.78, 5) is 21.0. The second-order valence-electron chi connectivity index (χ2n) is 6.12. The molecule has 0 unspecified atom stereocenters. The summed E-state index contributed by atoms with van der Waals surface area (Å²) in [5.74, 6) is 1.67. The molecule has 1 fully saturated rings. The Morgan fingerprint density at radius 2 is 1.88 bits per heavy atom. The second kappa shape index (κ2) is 6.95. The molecule has 0 aliphatic carbocycles. The van der Waals surface area contributed by atoms with Crippen LogP contribution in [0.3, 0.4) is 0 Å². The third-order valence-electron chi connectivity index (χ3n) is 4.62. The smallest absolute Gasteiger partial charge is 0.266 e. The number of aryl methyl sites for hydroxylation is 1. The highest BCUT2D eigenvalue weighted by atomic mass is 32.1. The molecule has 4 rings (SSSR count). The Hall–Kier alpha value is -2.61. The lowest BCUT2D eigenvalue weighted by Crippen LogP contribution is -2.47. The van der Waals surface area contributed by atoms with Gasteiger partial charge in [0.05, 0.1) is 11.8 Å². The third-order valence-corrected chi connectivity index (χ3v) is 5.70. The predicted octanol–water partition coefficient (Wildman–Crippen LogP) is 2.21. The van der Waals surface area contributed by atoms with Gasteiger partial charge in [-0.1, -0.05) is 17.4 Å². The van der Waals surface area contributed by atoms with Crippen molar-refractivity contribution in [2.45, 2.75) is 13.5 Å². The van der Waals surface area contributed by atoms with Crippen molar-refractivity contribution in [3.8, 4) is 5.75 Å². The van der Waals surface area contributed by atoms with Crippen LogP contribution in [-0.2, 0) is 6.54 Å². The first kappa shape index (κ1) is 16.8. The third kappa shape index (κ3) is 3.01. The molecule has 3 aromatic rings. The van der Waals surface area contributed by atoms with Crippen LogP contribution in [0.15, 0.2) is 35.1 Å². The number of piperazine rings is 1. The first-order valence-electron chi connectivity index (χ1n) is 8.71. The first-order valence-corrected chi connectivity index (χ1v) is 9.53. The van der Waals surface area contributed by atoms with Gasteiger partial charge in [0, 0.05) is 38.8 Å². The van der Waals surface area contributed by atoms with Crippen molar-refractivity contribution in [2.75, 3.05) is 43.1 Å². The number of ether oxygens (including phenoxy) is 1. The van der Waals surface area contributed by atoms with Gasteiger partial charge in [0.2, 0.25) is 0 Å². The lowest BCUT2D eigenvalue weighted by molar-refractivity contribution is 0.419. The van der Waals surface area contributed by atoms with Crippen LogP contribution in [-0.4, -0.2) is 48.1 Å². The summed E-state index contributed by atoms with van der Waals surface area (Å²) in [6.07, 6.45) is 0. The molecule has 1 aromatic carbocycles. The number of para-hydroxylation sites is 1. The SMILES string of the molecule is CCn1nc(N2CCN(c3nc4c(OC)cccc4s3)CC2)ccc1=O. The van der Waals surface area contributed by atoms with E-state index in [1.807, 2.05) is 25.1 Å². The van der Waals surface area contributed by atoms with Crippen molar-refractivity contribution in [2.24, 2.45) is 0 Å². The minimum Gasteiger partial charge on any atom is -0.494 e. The molecule has 0 bridgehead atoms. The molecule has 0 spiro atoms. The summed E-state index contributed by atoms with van der Waals surface area (Å²) < 4.78 is 8.05. The minimum atomic E-state index is -0.0571. The van der Waals surface area contributed by atoms with Crippen LogP contribution in [0.2, 0.25) is 0 Å². The summed E-state index contributed by atoms with van der Waals surface area (Å²) in [6, 6.07) is 9.42. The molecule has 8 heteroatoms. The molecule has 26 heavy (non-hydrogen) atoms. The molecule has 0 saturated carbocycles. The second-order valence-corrected chi connectivity index (χ2v) is 7.13. The first-order chi connectivity index (χ1) is 12.7. The van der Waals surface area contributed by atoms with E-state index in [1.165, 1.54) is 4.68 Å². The lowest BCUT2D eigenvalue weighted by Gasteiger charge is -2.35. The Balaban J connectivity index is 1.51. The maximum atomic E-state index is 11.7. The highest BCUT2D eigenvalue weighted by Crippen LogP contribution is 2.34. The fourth-order valence-electron chi connectivity index (χ4n) is 3.17. The predicted molar refractivity (Wildman–Crippen MR) is 105 cm³/mol. The molecule has 0 atom stereocenters. The highest BCUT2D eigenvalue weighted by molar-refractivity contribution is 7.22. The van der Waals surface area contributed by atoms with E-state index in [4.69, 9.17) is 9.72 Å². The highest BCUT2D eigenvalue weighted by Gasteiger charge is 2.21. The number of nitrogens with zero attached hydrogens (tertiary/aromatic N) is 5. The van der Waals surface area contributed by atoms with Crippen molar-refractivity contribution in [1.29, 1.82) is 0 Å². The van der Waals surface area contributed by atoms with Crippen LogP contribution in [0.1, 0.15) is 6.92 Å². The van der Waals surface area contributed by atoms with Crippen molar-refractivity contribution in [1.82, 2.24) is 14.8 Å². The minimum absolute atomic E-state index is 0.0571. The number of aromatic nitrogens is 3. The zero-order valence-corrected chi connectivity index (χ0v) is 15.7. The topological polar surface area (TPSA) is 63.5 Å². The largest absolute Gasteiger partial charge is 0.494 e. The number of hydrogen-bond donors (Lipinski definition) is 0. The molecule has 0 radical (unpaired) electrons. The van der Waals surface area contributed by atoms with Crippen molar-refractivity contribution < 1.29 is 4.74 Å². The molecule has 1 aliphatic rings. The molecule has 136 valence electrons. The summed E-state index contributed by atoms with van der Waals surface area (Å²) >= 11 is 1.69. The average molecular weight is 371 g/mol. The van der Waals surface area contributed by atoms with Crippen LogP contribution >= 0.6 is 11.3 Å². The Kier molecular flexibility index (Phi) is 4.50. The molecule has 1 aliphatic heterocycles. The summed E-state index contributed by atoms with van der Waals surface area (Å²) in [7, 11) is 1.68. The standard InChI is InChI=1S/C18H21N5O2S/c1-3-23-16(24)8-7-15(20-23)21-9-11-22(12-10-21)18-19-17-13(25-2)5-4-6-14(17)26-18/h4-8H,3,9-12H2,1-2H3. The summed E-state index contributed by atoms with van der Waals surface area (Å²) in [5.41, 5.74) is 0.868. The van der Waals surface area contributed by atoms with Crippen LogP contribution in [0.25, 0.3) is 10.2 Å². The van der Waals surface area contributed by atoms with Gasteiger partial charge in [-0.05, 0) is 25.1 Å². The van der Waals surface area contributed by atoms with Gasteiger partial charge in [-0.3, -0.25) is 4.79 Å². The molecular formula is C18H21N5O2S. The molecule has 0 amide bonds. The van der Waals surface area contributed by atoms with E-state index < -0.39 is 0 Å². The van der Waals surface area contributed by atoms with Crippen LogP contribution in [0.4, 0.5) is 10.9 Å². The van der Waals surface area contributed by atoms with E-state index in [1.54, 1.807) is 24.5 Å². The number of fused-ring (bicyclic) bond motifs is 1. The van der Waals surface area contributed by atoms with E-state index in [2.05, 4.69) is 21.0 Å². The fraction of sp³-hybridized carbons (Fsp3) is 0.389.